The number of halogens is 1. The van der Waals surface area contributed by atoms with E-state index >= 15 is 0 Å². The molecule has 1 aliphatic rings. The molecule has 27 heavy (non-hydrogen) atoms. The highest BCUT2D eigenvalue weighted by atomic mass is 35.5. The van der Waals surface area contributed by atoms with Crippen molar-refractivity contribution in [2.75, 3.05) is 4.90 Å². The Morgan fingerprint density at radius 3 is 1.96 bits per heavy atom. The van der Waals surface area contributed by atoms with Crippen molar-refractivity contribution >= 4 is 45.8 Å². The lowest BCUT2D eigenvalue weighted by molar-refractivity contribution is -0.117. The summed E-state index contributed by atoms with van der Waals surface area (Å²) in [5, 5.41) is 1.38. The number of carbonyl (C=O) groups excluding carboxylic acids is 1. The molecule has 0 N–H and O–H groups in total. The molecule has 0 radical (unpaired) electrons. The Kier molecular flexibility index (Phi) is 5.28. The summed E-state index contributed by atoms with van der Waals surface area (Å²) in [4.78, 5) is 18.8. The van der Waals surface area contributed by atoms with Gasteiger partial charge in [-0.15, -0.1) is 0 Å². The molecule has 1 aliphatic heterocycles. The number of benzene rings is 3. The lowest BCUT2D eigenvalue weighted by Gasteiger charge is -2.30. The zero-order valence-corrected chi connectivity index (χ0v) is 16.0. The maximum absolute atomic E-state index is 12.4. The zero-order valence-electron chi connectivity index (χ0n) is 14.5. The average molecular weight is 393 g/mol. The largest absolute Gasteiger partial charge is 0.289 e. The Labute approximate surface area is 167 Å². The standard InChI is InChI=1S/C22H17ClN2OS/c23-17-13-11-16(12-14-17)20-15-21(26)24-22(27-20)25(18-7-3-1-4-8-18)19-9-5-2-6-10-19/h1-14,20H,15H2/t20-/m0/s1. The van der Waals surface area contributed by atoms with Crippen LogP contribution in [0.4, 0.5) is 11.4 Å². The number of carbonyl (C=O) groups is 1. The predicted octanol–water partition coefficient (Wildman–Crippen LogP) is 6.24. The summed E-state index contributed by atoms with van der Waals surface area (Å²) in [7, 11) is 0. The fourth-order valence-corrected chi connectivity index (χ4v) is 4.37. The highest BCUT2D eigenvalue weighted by Crippen LogP contribution is 2.41. The minimum atomic E-state index is -0.111. The minimum absolute atomic E-state index is 0.0113. The van der Waals surface area contributed by atoms with Crippen molar-refractivity contribution in [2.24, 2.45) is 4.99 Å². The fraction of sp³-hybridized carbons (Fsp3) is 0.0909. The number of aliphatic imine (C=N–C) groups is 1. The predicted molar refractivity (Wildman–Crippen MR) is 114 cm³/mol. The number of thioether (sulfide) groups is 1. The van der Waals surface area contributed by atoms with E-state index in [9.17, 15) is 4.79 Å². The van der Waals surface area contributed by atoms with E-state index in [1.54, 1.807) is 11.8 Å². The molecule has 1 heterocycles. The van der Waals surface area contributed by atoms with E-state index in [0.717, 1.165) is 16.9 Å². The summed E-state index contributed by atoms with van der Waals surface area (Å²) in [6, 6.07) is 27.6. The van der Waals surface area contributed by atoms with E-state index in [2.05, 4.69) is 4.99 Å². The van der Waals surface area contributed by atoms with Gasteiger partial charge in [0.2, 0.25) is 5.91 Å². The van der Waals surface area contributed by atoms with Crippen molar-refractivity contribution in [1.29, 1.82) is 0 Å². The van der Waals surface area contributed by atoms with Gasteiger partial charge in [0.05, 0.1) is 0 Å². The Bertz CT molecular complexity index is 919. The SMILES string of the molecule is O=C1C[C@@H](c2ccc(Cl)cc2)SC(N(c2ccccc2)c2ccccc2)=N1. The molecule has 0 bridgehead atoms. The maximum atomic E-state index is 12.4. The van der Waals surface area contributed by atoms with Crippen LogP contribution in [0.5, 0.6) is 0 Å². The summed E-state index contributed by atoms with van der Waals surface area (Å²) in [6.45, 7) is 0. The number of amides is 1. The second-order valence-corrected chi connectivity index (χ2v) is 7.76. The number of nitrogens with zero attached hydrogens (tertiary/aromatic N) is 2. The van der Waals surface area contributed by atoms with Crippen LogP contribution < -0.4 is 4.90 Å². The van der Waals surface area contributed by atoms with Crippen LogP contribution in [0.2, 0.25) is 5.02 Å². The first kappa shape index (κ1) is 17.8. The monoisotopic (exact) mass is 392 g/mol. The third-order valence-corrected chi connectivity index (χ3v) is 5.75. The molecule has 0 spiro atoms. The van der Waals surface area contributed by atoms with E-state index < -0.39 is 0 Å². The first-order valence-electron chi connectivity index (χ1n) is 8.64. The topological polar surface area (TPSA) is 32.7 Å². The van der Waals surface area contributed by atoms with Crippen LogP contribution in [-0.4, -0.2) is 11.1 Å². The van der Waals surface area contributed by atoms with Crippen LogP contribution in [0.1, 0.15) is 17.2 Å². The molecule has 134 valence electrons. The molecule has 0 aliphatic carbocycles. The van der Waals surface area contributed by atoms with Crippen molar-refractivity contribution in [2.45, 2.75) is 11.7 Å². The normalized spacial score (nSPS) is 16.7. The minimum Gasteiger partial charge on any atom is -0.289 e. The summed E-state index contributed by atoms with van der Waals surface area (Å²) in [5.41, 5.74) is 3.02. The molecule has 1 amide bonds. The van der Waals surface area contributed by atoms with Gasteiger partial charge in [-0.2, -0.15) is 4.99 Å². The molecule has 0 saturated carbocycles. The molecule has 0 unspecified atom stereocenters. The number of para-hydroxylation sites is 2. The van der Waals surface area contributed by atoms with E-state index in [1.807, 2.05) is 89.8 Å². The van der Waals surface area contributed by atoms with Gasteiger partial charge in [-0.1, -0.05) is 71.9 Å². The number of hydrogen-bond donors (Lipinski definition) is 0. The third-order valence-electron chi connectivity index (χ3n) is 4.29. The van der Waals surface area contributed by atoms with Crippen molar-refractivity contribution in [3.05, 3.63) is 95.5 Å². The van der Waals surface area contributed by atoms with Crippen LogP contribution in [0, 0.1) is 0 Å². The van der Waals surface area contributed by atoms with Gasteiger partial charge in [0.15, 0.2) is 5.17 Å². The molecule has 0 aromatic heterocycles. The molecular weight excluding hydrogens is 376 g/mol. The Balaban J connectivity index is 1.73. The summed E-state index contributed by atoms with van der Waals surface area (Å²) < 4.78 is 0. The van der Waals surface area contributed by atoms with Crippen molar-refractivity contribution in [1.82, 2.24) is 0 Å². The van der Waals surface area contributed by atoms with Gasteiger partial charge in [0.25, 0.3) is 0 Å². The average Bonchev–Trinajstić information content (AvgIpc) is 2.70. The maximum Gasteiger partial charge on any atom is 0.249 e. The second-order valence-electron chi connectivity index (χ2n) is 6.16. The van der Waals surface area contributed by atoms with Crippen molar-refractivity contribution in [3.8, 4) is 0 Å². The van der Waals surface area contributed by atoms with Gasteiger partial charge in [-0.25, -0.2) is 0 Å². The van der Waals surface area contributed by atoms with Crippen LogP contribution >= 0.6 is 23.4 Å². The van der Waals surface area contributed by atoms with Gasteiger partial charge in [0, 0.05) is 28.1 Å². The molecule has 0 saturated heterocycles. The molecule has 3 aromatic carbocycles. The Morgan fingerprint density at radius 1 is 0.852 bits per heavy atom. The Hall–Kier alpha value is -2.56. The molecule has 5 heteroatoms. The van der Waals surface area contributed by atoms with Crippen LogP contribution in [-0.2, 0) is 4.79 Å². The number of rotatable bonds is 3. The zero-order chi connectivity index (χ0) is 18.6. The Morgan fingerprint density at radius 2 is 1.41 bits per heavy atom. The second kappa shape index (κ2) is 7.99. The number of anilines is 2. The van der Waals surface area contributed by atoms with Crippen LogP contribution in [0.25, 0.3) is 0 Å². The van der Waals surface area contributed by atoms with E-state index in [0.29, 0.717) is 16.6 Å². The van der Waals surface area contributed by atoms with Gasteiger partial charge < -0.3 is 0 Å². The first-order valence-corrected chi connectivity index (χ1v) is 9.90. The lowest BCUT2D eigenvalue weighted by Crippen LogP contribution is -2.28. The van der Waals surface area contributed by atoms with Crippen LogP contribution in [0.3, 0.4) is 0 Å². The summed E-state index contributed by atoms with van der Waals surface area (Å²) in [6.07, 6.45) is 0.382. The highest BCUT2D eigenvalue weighted by Gasteiger charge is 2.29. The third kappa shape index (κ3) is 4.07. The molecular formula is C22H17ClN2OS. The first-order chi connectivity index (χ1) is 13.2. The quantitative estimate of drug-likeness (QED) is 0.529. The summed E-state index contributed by atoms with van der Waals surface area (Å²) >= 11 is 7.62. The molecule has 1 atom stereocenters. The number of amidine groups is 1. The summed E-state index contributed by atoms with van der Waals surface area (Å²) in [5.74, 6) is -0.111. The van der Waals surface area contributed by atoms with Crippen molar-refractivity contribution in [3.63, 3.8) is 0 Å². The fourth-order valence-electron chi connectivity index (χ4n) is 3.00. The van der Waals surface area contributed by atoms with Crippen molar-refractivity contribution < 1.29 is 4.79 Å². The van der Waals surface area contributed by atoms with E-state index in [-0.39, 0.29) is 11.2 Å². The highest BCUT2D eigenvalue weighted by molar-refractivity contribution is 8.14. The molecule has 3 nitrogen and oxygen atoms in total. The molecule has 0 fully saturated rings. The van der Waals surface area contributed by atoms with Gasteiger partial charge >= 0.3 is 0 Å². The smallest absolute Gasteiger partial charge is 0.249 e. The van der Waals surface area contributed by atoms with Gasteiger partial charge in [0.1, 0.15) is 0 Å². The lowest BCUT2D eigenvalue weighted by atomic mass is 10.1. The number of hydrogen-bond acceptors (Lipinski definition) is 3. The molecule has 4 rings (SSSR count). The van der Waals surface area contributed by atoms with Crippen LogP contribution in [0.15, 0.2) is 89.9 Å². The van der Waals surface area contributed by atoms with E-state index in [4.69, 9.17) is 11.6 Å². The van der Waals surface area contributed by atoms with E-state index in [1.165, 1.54) is 0 Å². The van der Waals surface area contributed by atoms with Gasteiger partial charge in [-0.3, -0.25) is 9.69 Å². The van der Waals surface area contributed by atoms with Gasteiger partial charge in [-0.05, 0) is 42.0 Å². The molecule has 3 aromatic rings.